The monoisotopic (exact) mass is 384 g/mol. The molecule has 0 saturated heterocycles. The number of carbonyl (C=O) groups is 1. The Hall–Kier alpha value is -1.54. The highest BCUT2D eigenvalue weighted by atomic mass is 35.5. The normalized spacial score (nSPS) is 10.7. The molecule has 118 valence electrons. The van der Waals surface area contributed by atoms with Crippen molar-refractivity contribution in [1.82, 2.24) is 15.2 Å². The summed E-state index contributed by atoms with van der Waals surface area (Å²) in [6, 6.07) is 8.77. The van der Waals surface area contributed by atoms with Gasteiger partial charge in [0, 0.05) is 15.7 Å². The number of H-pyrrole nitrogens is 1. The van der Waals surface area contributed by atoms with Gasteiger partial charge in [0.25, 0.3) is 0 Å². The number of thiophene rings is 1. The van der Waals surface area contributed by atoms with Gasteiger partial charge in [-0.25, -0.2) is 4.98 Å². The Bertz CT molecular complexity index is 800. The van der Waals surface area contributed by atoms with Gasteiger partial charge in [-0.1, -0.05) is 41.0 Å². The molecule has 0 aliphatic carbocycles. The summed E-state index contributed by atoms with van der Waals surface area (Å²) in [4.78, 5) is 17.3. The second kappa shape index (κ2) is 7.35. The van der Waals surface area contributed by atoms with Crippen LogP contribution in [0, 0.1) is 0 Å². The first-order chi connectivity index (χ1) is 11.1. The Morgan fingerprint density at radius 1 is 1.30 bits per heavy atom. The van der Waals surface area contributed by atoms with Crippen LogP contribution in [0.4, 0.5) is 5.69 Å². The summed E-state index contributed by atoms with van der Waals surface area (Å²) in [6.45, 7) is 0. The minimum absolute atomic E-state index is 0.184. The maximum Gasteiger partial charge on any atom is 0.234 e. The van der Waals surface area contributed by atoms with E-state index in [-0.39, 0.29) is 11.7 Å². The summed E-state index contributed by atoms with van der Waals surface area (Å²) in [6.07, 6.45) is 0. The largest absolute Gasteiger partial charge is 0.325 e. The molecule has 0 radical (unpaired) electrons. The molecular formula is C14H10Cl2N4OS2. The van der Waals surface area contributed by atoms with Crippen molar-refractivity contribution >= 4 is 57.9 Å². The number of thioether (sulfide) groups is 1. The van der Waals surface area contributed by atoms with Crippen LogP contribution in [-0.4, -0.2) is 26.8 Å². The van der Waals surface area contributed by atoms with Crippen LogP contribution >= 0.6 is 46.3 Å². The van der Waals surface area contributed by atoms with Gasteiger partial charge in [0.05, 0.1) is 10.6 Å². The number of aromatic nitrogens is 3. The van der Waals surface area contributed by atoms with E-state index in [9.17, 15) is 4.79 Å². The van der Waals surface area contributed by atoms with Gasteiger partial charge in [0.2, 0.25) is 11.1 Å². The molecule has 0 aliphatic heterocycles. The minimum atomic E-state index is -0.184. The smallest absolute Gasteiger partial charge is 0.234 e. The molecule has 5 nitrogen and oxygen atoms in total. The number of hydrogen-bond acceptors (Lipinski definition) is 5. The number of amides is 1. The molecule has 9 heteroatoms. The van der Waals surface area contributed by atoms with Crippen molar-refractivity contribution in [2.75, 3.05) is 11.1 Å². The van der Waals surface area contributed by atoms with Gasteiger partial charge >= 0.3 is 0 Å². The number of benzene rings is 1. The molecule has 2 heterocycles. The van der Waals surface area contributed by atoms with Crippen LogP contribution in [0.15, 0.2) is 40.9 Å². The summed E-state index contributed by atoms with van der Waals surface area (Å²) in [5, 5.41) is 13.1. The van der Waals surface area contributed by atoms with Gasteiger partial charge < -0.3 is 5.32 Å². The van der Waals surface area contributed by atoms with Crippen LogP contribution in [0.5, 0.6) is 0 Å². The summed E-state index contributed by atoms with van der Waals surface area (Å²) in [7, 11) is 0. The van der Waals surface area contributed by atoms with Gasteiger partial charge in [0.15, 0.2) is 5.82 Å². The van der Waals surface area contributed by atoms with Crippen molar-refractivity contribution in [3.8, 4) is 10.7 Å². The lowest BCUT2D eigenvalue weighted by Crippen LogP contribution is -2.14. The molecule has 0 spiro atoms. The fourth-order valence-electron chi connectivity index (χ4n) is 1.79. The van der Waals surface area contributed by atoms with E-state index < -0.39 is 0 Å². The van der Waals surface area contributed by atoms with Crippen LogP contribution in [0.2, 0.25) is 10.0 Å². The van der Waals surface area contributed by atoms with E-state index in [0.29, 0.717) is 26.7 Å². The van der Waals surface area contributed by atoms with E-state index in [1.165, 1.54) is 11.8 Å². The topological polar surface area (TPSA) is 70.7 Å². The minimum Gasteiger partial charge on any atom is -0.325 e. The van der Waals surface area contributed by atoms with Gasteiger partial charge in [-0.05, 0) is 29.6 Å². The highest BCUT2D eigenvalue weighted by Crippen LogP contribution is 2.24. The Kier molecular flexibility index (Phi) is 5.22. The van der Waals surface area contributed by atoms with Crippen molar-refractivity contribution in [2.45, 2.75) is 5.16 Å². The first-order valence-corrected chi connectivity index (χ1v) is 9.07. The molecule has 0 fully saturated rings. The Morgan fingerprint density at radius 2 is 2.09 bits per heavy atom. The molecule has 1 aromatic carbocycles. The quantitative estimate of drug-likeness (QED) is 0.631. The molecule has 23 heavy (non-hydrogen) atoms. The number of hydrogen-bond donors (Lipinski definition) is 2. The van der Waals surface area contributed by atoms with E-state index in [1.807, 2.05) is 17.5 Å². The molecule has 3 aromatic rings. The molecule has 2 N–H and O–H groups in total. The SMILES string of the molecule is O=C(CSc1n[nH]c(-c2cccs2)n1)Nc1cc(Cl)cc(Cl)c1. The number of aromatic amines is 1. The average molecular weight is 385 g/mol. The van der Waals surface area contributed by atoms with Crippen molar-refractivity contribution in [1.29, 1.82) is 0 Å². The summed E-state index contributed by atoms with van der Waals surface area (Å²) < 4.78 is 0. The number of halogens is 2. The van der Waals surface area contributed by atoms with Crippen LogP contribution in [-0.2, 0) is 4.79 Å². The lowest BCUT2D eigenvalue weighted by molar-refractivity contribution is -0.113. The lowest BCUT2D eigenvalue weighted by Gasteiger charge is -2.05. The van der Waals surface area contributed by atoms with Crippen molar-refractivity contribution in [3.05, 3.63) is 45.8 Å². The zero-order valence-electron chi connectivity index (χ0n) is 11.5. The highest BCUT2D eigenvalue weighted by molar-refractivity contribution is 7.99. The molecule has 2 aromatic heterocycles. The number of carbonyl (C=O) groups excluding carboxylic acids is 1. The maximum absolute atomic E-state index is 12.0. The third-order valence-electron chi connectivity index (χ3n) is 2.70. The number of rotatable bonds is 5. The van der Waals surface area contributed by atoms with Gasteiger partial charge in [-0.2, -0.15) is 0 Å². The van der Waals surface area contributed by atoms with E-state index in [0.717, 1.165) is 4.88 Å². The molecule has 0 aliphatic rings. The predicted octanol–water partition coefficient (Wildman–Crippen LogP) is 4.57. The van der Waals surface area contributed by atoms with E-state index in [2.05, 4.69) is 20.5 Å². The van der Waals surface area contributed by atoms with E-state index in [4.69, 9.17) is 23.2 Å². The van der Waals surface area contributed by atoms with Crippen molar-refractivity contribution < 1.29 is 4.79 Å². The average Bonchev–Trinajstić information content (AvgIpc) is 3.15. The standard InChI is InChI=1S/C14H10Cl2N4OS2/c15-8-4-9(16)6-10(5-8)17-12(21)7-23-14-18-13(19-20-14)11-2-1-3-22-11/h1-6H,7H2,(H,17,21)(H,18,19,20). The second-order valence-corrected chi connectivity index (χ2v) is 7.20. The molecule has 0 bridgehead atoms. The predicted molar refractivity (Wildman–Crippen MR) is 95.5 cm³/mol. The van der Waals surface area contributed by atoms with Crippen LogP contribution in [0.3, 0.4) is 0 Å². The highest BCUT2D eigenvalue weighted by Gasteiger charge is 2.10. The maximum atomic E-state index is 12.0. The second-order valence-electron chi connectivity index (χ2n) is 4.44. The summed E-state index contributed by atoms with van der Waals surface area (Å²) in [5.74, 6) is 0.701. The van der Waals surface area contributed by atoms with Crippen LogP contribution < -0.4 is 5.32 Å². The fourth-order valence-corrected chi connectivity index (χ4v) is 3.58. The van der Waals surface area contributed by atoms with Crippen LogP contribution in [0.1, 0.15) is 0 Å². The Morgan fingerprint density at radius 3 is 2.78 bits per heavy atom. The van der Waals surface area contributed by atoms with Gasteiger partial charge in [-0.3, -0.25) is 9.89 Å². The molecule has 1 amide bonds. The summed E-state index contributed by atoms with van der Waals surface area (Å²) >= 11 is 14.6. The van der Waals surface area contributed by atoms with Gasteiger partial charge in [0.1, 0.15) is 0 Å². The first-order valence-electron chi connectivity index (χ1n) is 6.45. The zero-order chi connectivity index (χ0) is 16.2. The molecule has 3 rings (SSSR count). The molecule has 0 unspecified atom stereocenters. The van der Waals surface area contributed by atoms with Crippen molar-refractivity contribution in [2.24, 2.45) is 0 Å². The zero-order valence-corrected chi connectivity index (χ0v) is 14.7. The lowest BCUT2D eigenvalue weighted by atomic mass is 10.3. The van der Waals surface area contributed by atoms with Crippen LogP contribution in [0.25, 0.3) is 10.7 Å². The molecule has 0 saturated carbocycles. The number of nitrogens with zero attached hydrogens (tertiary/aromatic N) is 2. The third-order valence-corrected chi connectivity index (χ3v) is 4.86. The number of nitrogens with one attached hydrogen (secondary N) is 2. The molecule has 0 atom stereocenters. The van der Waals surface area contributed by atoms with Gasteiger partial charge in [-0.15, -0.1) is 16.4 Å². The first kappa shape index (κ1) is 16.3. The third kappa shape index (κ3) is 4.48. The van der Waals surface area contributed by atoms with Crippen molar-refractivity contribution in [3.63, 3.8) is 0 Å². The van der Waals surface area contributed by atoms with E-state index >= 15 is 0 Å². The number of anilines is 1. The molecular weight excluding hydrogens is 375 g/mol. The van der Waals surface area contributed by atoms with E-state index in [1.54, 1.807) is 29.5 Å². The fraction of sp³-hybridized carbons (Fsp3) is 0.0714. The Labute approximate surface area is 150 Å². The summed E-state index contributed by atoms with van der Waals surface area (Å²) in [5.41, 5.74) is 0.558. The Balaban J connectivity index is 1.57.